The topological polar surface area (TPSA) is 71.3 Å². The number of nitriles is 1. The maximum atomic E-state index is 11.7. The second kappa shape index (κ2) is 9.92. The van der Waals surface area contributed by atoms with Crippen molar-refractivity contribution in [2.75, 3.05) is 25.1 Å². The molecular weight excluding hydrogens is 268 g/mol. The van der Waals surface area contributed by atoms with Crippen LogP contribution in [0.25, 0.3) is 0 Å². The number of anilines is 1. The summed E-state index contributed by atoms with van der Waals surface area (Å²) < 4.78 is 10.8. The van der Waals surface area contributed by atoms with Crippen molar-refractivity contribution in [2.45, 2.75) is 32.8 Å². The van der Waals surface area contributed by atoms with E-state index in [4.69, 9.17) is 14.7 Å². The van der Waals surface area contributed by atoms with Crippen molar-refractivity contribution < 1.29 is 14.3 Å². The van der Waals surface area contributed by atoms with Crippen LogP contribution in [0.1, 0.15) is 32.3 Å². The smallest absolute Gasteiger partial charge is 0.224 e. The fourth-order valence-electron chi connectivity index (χ4n) is 1.70. The quantitative estimate of drug-likeness (QED) is 0.710. The van der Waals surface area contributed by atoms with Gasteiger partial charge in [-0.15, -0.1) is 0 Å². The molecule has 0 radical (unpaired) electrons. The van der Waals surface area contributed by atoms with Crippen molar-refractivity contribution in [1.82, 2.24) is 0 Å². The summed E-state index contributed by atoms with van der Waals surface area (Å²) in [6, 6.07) is 8.82. The van der Waals surface area contributed by atoms with Gasteiger partial charge in [0.2, 0.25) is 5.91 Å². The first-order chi connectivity index (χ1) is 10.2. The van der Waals surface area contributed by atoms with E-state index < -0.39 is 0 Å². The van der Waals surface area contributed by atoms with Crippen LogP contribution in [0.15, 0.2) is 24.3 Å². The second-order valence-electron chi connectivity index (χ2n) is 4.68. The molecule has 1 amide bonds. The highest BCUT2D eigenvalue weighted by Crippen LogP contribution is 2.09. The summed E-state index contributed by atoms with van der Waals surface area (Å²) in [4.78, 5) is 11.7. The number of carbonyl (C=O) groups is 1. The Kier molecular flexibility index (Phi) is 8.10. The van der Waals surface area contributed by atoms with Gasteiger partial charge >= 0.3 is 0 Å². The molecule has 0 saturated heterocycles. The first kappa shape index (κ1) is 17.2. The normalized spacial score (nSPS) is 11.7. The van der Waals surface area contributed by atoms with Crippen LogP contribution >= 0.6 is 0 Å². The fraction of sp³-hybridized carbons (Fsp3) is 0.500. The lowest BCUT2D eigenvalue weighted by molar-refractivity contribution is -0.116. The summed E-state index contributed by atoms with van der Waals surface area (Å²) in [5.74, 6) is -0.0548. The van der Waals surface area contributed by atoms with E-state index in [-0.39, 0.29) is 12.0 Å². The third-order valence-corrected chi connectivity index (χ3v) is 2.80. The highest BCUT2D eigenvalue weighted by Gasteiger charge is 2.05. The van der Waals surface area contributed by atoms with Crippen LogP contribution in [0.4, 0.5) is 5.69 Å². The van der Waals surface area contributed by atoms with Crippen LogP contribution in [0.5, 0.6) is 0 Å². The van der Waals surface area contributed by atoms with E-state index in [1.165, 1.54) is 0 Å². The monoisotopic (exact) mass is 290 g/mol. The molecule has 5 nitrogen and oxygen atoms in total. The van der Waals surface area contributed by atoms with Crippen molar-refractivity contribution >= 4 is 11.6 Å². The van der Waals surface area contributed by atoms with E-state index in [2.05, 4.69) is 5.32 Å². The standard InChI is InChI=1S/C16H22N2O3/c1-3-20-12-13(2)21-10-4-5-16(19)18-15-8-6-14(11-17)7-9-15/h6-9,13H,3-5,10,12H2,1-2H3,(H,18,19). The lowest BCUT2D eigenvalue weighted by atomic mass is 10.2. The second-order valence-corrected chi connectivity index (χ2v) is 4.68. The minimum absolute atomic E-state index is 0.0477. The summed E-state index contributed by atoms with van der Waals surface area (Å²) in [6.45, 7) is 5.69. The molecule has 0 aliphatic carbocycles. The maximum absolute atomic E-state index is 11.7. The number of benzene rings is 1. The van der Waals surface area contributed by atoms with Crippen molar-refractivity contribution in [3.63, 3.8) is 0 Å². The summed E-state index contributed by atoms with van der Waals surface area (Å²) in [7, 11) is 0. The Bertz CT molecular complexity index is 465. The Labute approximate surface area is 125 Å². The van der Waals surface area contributed by atoms with E-state index >= 15 is 0 Å². The average Bonchev–Trinajstić information content (AvgIpc) is 2.50. The maximum Gasteiger partial charge on any atom is 0.224 e. The zero-order valence-corrected chi connectivity index (χ0v) is 12.6. The molecule has 114 valence electrons. The van der Waals surface area contributed by atoms with Crippen LogP contribution in [0.3, 0.4) is 0 Å². The number of rotatable bonds is 9. The number of hydrogen-bond donors (Lipinski definition) is 1. The number of amides is 1. The third kappa shape index (κ3) is 7.45. The first-order valence-electron chi connectivity index (χ1n) is 7.15. The minimum Gasteiger partial charge on any atom is -0.379 e. The Hall–Kier alpha value is -1.90. The van der Waals surface area contributed by atoms with Crippen LogP contribution in [0.2, 0.25) is 0 Å². The number of hydrogen-bond acceptors (Lipinski definition) is 4. The van der Waals surface area contributed by atoms with Crippen molar-refractivity contribution in [3.8, 4) is 6.07 Å². The molecule has 0 spiro atoms. The van der Waals surface area contributed by atoms with Gasteiger partial charge in [-0.1, -0.05) is 0 Å². The zero-order valence-electron chi connectivity index (χ0n) is 12.6. The molecule has 1 aromatic rings. The SMILES string of the molecule is CCOCC(C)OCCCC(=O)Nc1ccc(C#N)cc1. The molecule has 1 aromatic carbocycles. The highest BCUT2D eigenvalue weighted by molar-refractivity contribution is 5.90. The molecule has 0 heterocycles. The largest absolute Gasteiger partial charge is 0.379 e. The summed E-state index contributed by atoms with van der Waals surface area (Å²) in [5.41, 5.74) is 1.27. The molecule has 0 aromatic heterocycles. The predicted octanol–water partition coefficient (Wildman–Crippen LogP) is 2.72. The highest BCUT2D eigenvalue weighted by atomic mass is 16.5. The molecule has 1 N–H and O–H groups in total. The number of nitrogens with one attached hydrogen (secondary N) is 1. The molecule has 0 bridgehead atoms. The Morgan fingerprint density at radius 1 is 1.38 bits per heavy atom. The minimum atomic E-state index is -0.0548. The molecule has 0 aliphatic rings. The van der Waals surface area contributed by atoms with Gasteiger partial charge in [0, 0.05) is 25.3 Å². The average molecular weight is 290 g/mol. The van der Waals surface area contributed by atoms with E-state index in [1.807, 2.05) is 19.9 Å². The van der Waals surface area contributed by atoms with Crippen LogP contribution in [0, 0.1) is 11.3 Å². The van der Waals surface area contributed by atoms with Crippen molar-refractivity contribution in [2.24, 2.45) is 0 Å². The van der Waals surface area contributed by atoms with Crippen LogP contribution in [-0.2, 0) is 14.3 Å². The first-order valence-corrected chi connectivity index (χ1v) is 7.15. The van der Waals surface area contributed by atoms with Gasteiger partial charge in [0.1, 0.15) is 0 Å². The van der Waals surface area contributed by atoms with Gasteiger partial charge in [-0.05, 0) is 44.5 Å². The summed E-state index contributed by atoms with van der Waals surface area (Å²) in [6.07, 6.45) is 1.12. The van der Waals surface area contributed by atoms with Crippen molar-refractivity contribution in [3.05, 3.63) is 29.8 Å². The number of nitrogens with zero attached hydrogens (tertiary/aromatic N) is 1. The Morgan fingerprint density at radius 3 is 2.71 bits per heavy atom. The molecule has 0 saturated carbocycles. The van der Waals surface area contributed by atoms with E-state index in [1.54, 1.807) is 24.3 Å². The Balaban J connectivity index is 2.17. The van der Waals surface area contributed by atoms with Gasteiger partial charge in [-0.25, -0.2) is 0 Å². The lowest BCUT2D eigenvalue weighted by Crippen LogP contribution is -2.18. The molecule has 0 aliphatic heterocycles. The van der Waals surface area contributed by atoms with Gasteiger partial charge < -0.3 is 14.8 Å². The van der Waals surface area contributed by atoms with Gasteiger partial charge in [0.15, 0.2) is 0 Å². The number of ether oxygens (including phenoxy) is 2. The lowest BCUT2D eigenvalue weighted by Gasteiger charge is -2.12. The predicted molar refractivity (Wildman–Crippen MR) is 80.9 cm³/mol. The third-order valence-electron chi connectivity index (χ3n) is 2.80. The number of carbonyl (C=O) groups excluding carboxylic acids is 1. The molecular formula is C16H22N2O3. The van der Waals surface area contributed by atoms with E-state index in [0.29, 0.717) is 43.9 Å². The molecule has 0 fully saturated rings. The van der Waals surface area contributed by atoms with Crippen molar-refractivity contribution in [1.29, 1.82) is 5.26 Å². The van der Waals surface area contributed by atoms with Crippen LogP contribution < -0.4 is 5.32 Å². The van der Waals surface area contributed by atoms with Gasteiger partial charge in [-0.2, -0.15) is 5.26 Å². The van der Waals surface area contributed by atoms with Gasteiger partial charge in [0.25, 0.3) is 0 Å². The van der Waals surface area contributed by atoms with E-state index in [9.17, 15) is 4.79 Å². The molecule has 5 heteroatoms. The van der Waals surface area contributed by atoms with Crippen LogP contribution in [-0.4, -0.2) is 31.8 Å². The summed E-state index contributed by atoms with van der Waals surface area (Å²) >= 11 is 0. The summed E-state index contributed by atoms with van der Waals surface area (Å²) in [5, 5.41) is 11.5. The molecule has 1 rings (SSSR count). The Morgan fingerprint density at radius 2 is 2.10 bits per heavy atom. The molecule has 21 heavy (non-hydrogen) atoms. The zero-order chi connectivity index (χ0) is 15.5. The van der Waals surface area contributed by atoms with E-state index in [0.717, 1.165) is 0 Å². The van der Waals surface area contributed by atoms with Gasteiger partial charge in [0.05, 0.1) is 24.3 Å². The van der Waals surface area contributed by atoms with Gasteiger partial charge in [-0.3, -0.25) is 4.79 Å². The molecule has 1 unspecified atom stereocenters. The molecule has 1 atom stereocenters. The fourth-order valence-corrected chi connectivity index (χ4v) is 1.70.